The maximum Gasteiger partial charge on any atom is 0.132 e. The van der Waals surface area contributed by atoms with E-state index in [2.05, 4.69) is 30.8 Å². The topological polar surface area (TPSA) is 47.3 Å². The Morgan fingerprint density at radius 3 is 2.76 bits per heavy atom. The third-order valence-electron chi connectivity index (χ3n) is 3.08. The number of ether oxygens (including phenoxy) is 1. The molecule has 4 heteroatoms. The average Bonchev–Trinajstić information content (AvgIpc) is 2.93. The standard InChI is InChI=1S/C17H20N2O2/c1-13(2)19-9-8-16(18-19)12-21-17-7-6-15(5-4-10-20)14(3)11-17/h6-9,11,13,20H,10,12H2,1-3H3. The van der Waals surface area contributed by atoms with Crippen molar-refractivity contribution in [1.29, 1.82) is 0 Å². The first-order valence-corrected chi connectivity index (χ1v) is 6.97. The van der Waals surface area contributed by atoms with E-state index in [1.807, 2.05) is 42.1 Å². The van der Waals surface area contributed by atoms with E-state index in [4.69, 9.17) is 9.84 Å². The second-order valence-electron chi connectivity index (χ2n) is 5.11. The number of benzene rings is 1. The van der Waals surface area contributed by atoms with Gasteiger partial charge in [0.25, 0.3) is 0 Å². The smallest absolute Gasteiger partial charge is 0.132 e. The van der Waals surface area contributed by atoms with Gasteiger partial charge in [-0.3, -0.25) is 4.68 Å². The largest absolute Gasteiger partial charge is 0.487 e. The summed E-state index contributed by atoms with van der Waals surface area (Å²) in [6.07, 6.45) is 1.96. The van der Waals surface area contributed by atoms with Gasteiger partial charge in [0.15, 0.2) is 0 Å². The van der Waals surface area contributed by atoms with Gasteiger partial charge in [-0.1, -0.05) is 11.8 Å². The van der Waals surface area contributed by atoms with Crippen LogP contribution in [-0.2, 0) is 6.61 Å². The number of hydrogen-bond acceptors (Lipinski definition) is 3. The van der Waals surface area contributed by atoms with Crippen LogP contribution in [0.1, 0.15) is 36.7 Å². The maximum absolute atomic E-state index is 8.72. The monoisotopic (exact) mass is 284 g/mol. The lowest BCUT2D eigenvalue weighted by Gasteiger charge is -2.07. The van der Waals surface area contributed by atoms with E-state index in [1.165, 1.54) is 0 Å². The third-order valence-corrected chi connectivity index (χ3v) is 3.08. The lowest BCUT2D eigenvalue weighted by Crippen LogP contribution is -2.03. The molecule has 0 atom stereocenters. The van der Waals surface area contributed by atoms with Crippen LogP contribution in [-0.4, -0.2) is 21.5 Å². The minimum Gasteiger partial charge on any atom is -0.487 e. The highest BCUT2D eigenvalue weighted by Gasteiger charge is 2.04. The van der Waals surface area contributed by atoms with Crippen LogP contribution in [0, 0.1) is 18.8 Å². The molecule has 2 aromatic rings. The molecule has 0 saturated heterocycles. The lowest BCUT2D eigenvalue weighted by molar-refractivity contribution is 0.298. The molecule has 1 aromatic heterocycles. The highest BCUT2D eigenvalue weighted by molar-refractivity contribution is 5.44. The zero-order chi connectivity index (χ0) is 15.2. The Morgan fingerprint density at radius 1 is 1.33 bits per heavy atom. The van der Waals surface area contributed by atoms with Crippen LogP contribution in [0.25, 0.3) is 0 Å². The van der Waals surface area contributed by atoms with Crippen molar-refractivity contribution in [1.82, 2.24) is 9.78 Å². The minimum absolute atomic E-state index is 0.129. The van der Waals surface area contributed by atoms with E-state index in [0.29, 0.717) is 12.6 Å². The molecule has 0 bridgehead atoms. The number of hydrogen-bond donors (Lipinski definition) is 1. The Labute approximate surface area is 125 Å². The van der Waals surface area contributed by atoms with Crippen LogP contribution >= 0.6 is 0 Å². The first kappa shape index (κ1) is 15.1. The number of rotatable bonds is 4. The van der Waals surface area contributed by atoms with E-state index < -0.39 is 0 Å². The predicted molar refractivity (Wildman–Crippen MR) is 82.1 cm³/mol. The van der Waals surface area contributed by atoms with Crippen LogP contribution in [0.2, 0.25) is 0 Å². The number of aliphatic hydroxyl groups is 1. The molecule has 0 aliphatic rings. The van der Waals surface area contributed by atoms with Crippen LogP contribution in [0.5, 0.6) is 5.75 Å². The maximum atomic E-state index is 8.72. The zero-order valence-corrected chi connectivity index (χ0v) is 12.6. The average molecular weight is 284 g/mol. The number of aryl methyl sites for hydroxylation is 1. The molecule has 1 N–H and O–H groups in total. The van der Waals surface area contributed by atoms with Crippen molar-refractivity contribution in [3.63, 3.8) is 0 Å². The molecular weight excluding hydrogens is 264 g/mol. The molecule has 1 aromatic carbocycles. The Hall–Kier alpha value is -2.25. The summed E-state index contributed by atoms with van der Waals surface area (Å²) >= 11 is 0. The van der Waals surface area contributed by atoms with Crippen LogP contribution in [0.15, 0.2) is 30.5 Å². The third kappa shape index (κ3) is 4.11. The zero-order valence-electron chi connectivity index (χ0n) is 12.6. The highest BCUT2D eigenvalue weighted by atomic mass is 16.5. The molecule has 0 unspecified atom stereocenters. The SMILES string of the molecule is Cc1cc(OCc2ccn(C(C)C)n2)ccc1C#CCO. The predicted octanol–water partition coefficient (Wildman–Crippen LogP) is 2.70. The molecular formula is C17H20N2O2. The van der Waals surface area contributed by atoms with Gasteiger partial charge < -0.3 is 9.84 Å². The number of nitrogens with zero attached hydrogens (tertiary/aromatic N) is 2. The van der Waals surface area contributed by atoms with Gasteiger partial charge >= 0.3 is 0 Å². The first-order chi connectivity index (χ1) is 10.1. The van der Waals surface area contributed by atoms with E-state index >= 15 is 0 Å². The van der Waals surface area contributed by atoms with Gasteiger partial charge in [-0.15, -0.1) is 0 Å². The molecule has 0 amide bonds. The Kier molecular flexibility index (Phi) is 5.02. The fourth-order valence-electron chi connectivity index (χ4n) is 1.90. The summed E-state index contributed by atoms with van der Waals surface area (Å²) in [6.45, 7) is 6.47. The Bertz CT molecular complexity index is 663. The summed E-state index contributed by atoms with van der Waals surface area (Å²) in [5.41, 5.74) is 2.84. The van der Waals surface area contributed by atoms with E-state index in [-0.39, 0.29) is 6.61 Å². The van der Waals surface area contributed by atoms with Gasteiger partial charge in [-0.25, -0.2) is 0 Å². The number of aromatic nitrogens is 2. The molecule has 0 aliphatic heterocycles. The molecule has 1 heterocycles. The quantitative estimate of drug-likeness (QED) is 0.878. The van der Waals surface area contributed by atoms with Crippen molar-refractivity contribution in [2.75, 3.05) is 6.61 Å². The Balaban J connectivity index is 2.01. The van der Waals surface area contributed by atoms with Crippen molar-refractivity contribution in [2.24, 2.45) is 0 Å². The summed E-state index contributed by atoms with van der Waals surface area (Å²) in [4.78, 5) is 0. The van der Waals surface area contributed by atoms with Gasteiger partial charge in [-0.05, 0) is 50.6 Å². The van der Waals surface area contributed by atoms with Crippen LogP contribution in [0.3, 0.4) is 0 Å². The minimum atomic E-state index is -0.129. The fraction of sp³-hybridized carbons (Fsp3) is 0.353. The van der Waals surface area contributed by atoms with Gasteiger partial charge in [0.05, 0.1) is 5.69 Å². The van der Waals surface area contributed by atoms with Crippen LogP contribution in [0.4, 0.5) is 0 Å². The van der Waals surface area contributed by atoms with Crippen molar-refractivity contribution in [2.45, 2.75) is 33.4 Å². The van der Waals surface area contributed by atoms with Crippen molar-refractivity contribution in [3.8, 4) is 17.6 Å². The molecule has 0 aliphatic carbocycles. The molecule has 0 radical (unpaired) electrons. The fourth-order valence-corrected chi connectivity index (χ4v) is 1.90. The molecule has 4 nitrogen and oxygen atoms in total. The first-order valence-electron chi connectivity index (χ1n) is 6.97. The van der Waals surface area contributed by atoms with E-state index in [0.717, 1.165) is 22.6 Å². The molecule has 21 heavy (non-hydrogen) atoms. The van der Waals surface area contributed by atoms with Crippen molar-refractivity contribution < 1.29 is 9.84 Å². The van der Waals surface area contributed by atoms with Gasteiger partial charge in [0, 0.05) is 17.8 Å². The highest BCUT2D eigenvalue weighted by Crippen LogP contribution is 2.18. The van der Waals surface area contributed by atoms with Gasteiger partial charge in [0.1, 0.15) is 19.0 Å². The second-order valence-corrected chi connectivity index (χ2v) is 5.11. The molecule has 0 spiro atoms. The van der Waals surface area contributed by atoms with Gasteiger partial charge in [0.2, 0.25) is 0 Å². The summed E-state index contributed by atoms with van der Waals surface area (Å²) in [6, 6.07) is 8.05. The normalized spacial score (nSPS) is 10.3. The number of aliphatic hydroxyl groups excluding tert-OH is 1. The summed E-state index contributed by atoms with van der Waals surface area (Å²) < 4.78 is 7.67. The molecule has 0 saturated carbocycles. The van der Waals surface area contributed by atoms with E-state index in [1.54, 1.807) is 0 Å². The summed E-state index contributed by atoms with van der Waals surface area (Å²) in [7, 11) is 0. The molecule has 2 rings (SSSR count). The summed E-state index contributed by atoms with van der Waals surface area (Å²) in [5.74, 6) is 6.35. The van der Waals surface area contributed by atoms with Crippen LogP contribution < -0.4 is 4.74 Å². The molecule has 110 valence electrons. The molecule has 0 fully saturated rings. The lowest BCUT2D eigenvalue weighted by atomic mass is 10.1. The summed E-state index contributed by atoms with van der Waals surface area (Å²) in [5, 5.41) is 13.2. The van der Waals surface area contributed by atoms with Crippen molar-refractivity contribution >= 4 is 0 Å². The van der Waals surface area contributed by atoms with Crippen molar-refractivity contribution in [3.05, 3.63) is 47.3 Å². The van der Waals surface area contributed by atoms with Gasteiger partial charge in [-0.2, -0.15) is 5.10 Å². The Morgan fingerprint density at radius 2 is 2.14 bits per heavy atom. The second kappa shape index (κ2) is 6.96. The van der Waals surface area contributed by atoms with E-state index in [9.17, 15) is 0 Å².